The van der Waals surface area contributed by atoms with Gasteiger partial charge in [-0.1, -0.05) is 95.0 Å². The van der Waals surface area contributed by atoms with Crippen LogP contribution in [0.25, 0.3) is 0 Å². The summed E-state index contributed by atoms with van der Waals surface area (Å²) in [5, 5.41) is 0.122. The molecule has 0 fully saturated rings. The number of aryl methyl sites for hydroxylation is 1. The Labute approximate surface area is 250 Å². The molecule has 0 saturated heterocycles. The van der Waals surface area contributed by atoms with Crippen LogP contribution in [0, 0.1) is 6.92 Å². The fraction of sp³-hybridized carbons (Fsp3) is 0.0968. The Bertz CT molecular complexity index is 1680. The zero-order chi connectivity index (χ0) is 29.4. The normalized spacial score (nSPS) is 13.1. The minimum atomic E-state index is -1.26. The number of ketones is 1. The lowest BCUT2D eigenvalue weighted by molar-refractivity contribution is 0.0277. The van der Waals surface area contributed by atoms with Crippen molar-refractivity contribution in [2.45, 2.75) is 13.0 Å². The van der Waals surface area contributed by atoms with E-state index in [0.717, 1.165) is 10.5 Å². The maximum atomic E-state index is 13.5. The second-order valence-corrected chi connectivity index (χ2v) is 10.4. The number of carbonyl (C=O) groups is 4. The molecule has 0 N–H and O–H groups in total. The van der Waals surface area contributed by atoms with Crippen LogP contribution in [0.4, 0.5) is 5.69 Å². The van der Waals surface area contributed by atoms with Crippen LogP contribution in [0.1, 0.15) is 58.7 Å². The lowest BCUT2D eigenvalue weighted by Gasteiger charge is -2.20. The minimum Gasteiger partial charge on any atom is -0.496 e. The molecule has 7 nitrogen and oxygen atoms in total. The summed E-state index contributed by atoms with van der Waals surface area (Å²) in [6.45, 7) is 1.90. The molecule has 0 aliphatic carbocycles. The third-order valence-electron chi connectivity index (χ3n) is 6.56. The van der Waals surface area contributed by atoms with Crippen LogP contribution in [0.5, 0.6) is 5.75 Å². The highest BCUT2D eigenvalue weighted by molar-refractivity contribution is 6.45. The molecular formula is C31H20Cl3NO6. The van der Waals surface area contributed by atoms with Gasteiger partial charge in [0, 0.05) is 17.2 Å². The molecule has 0 spiro atoms. The second-order valence-electron chi connectivity index (χ2n) is 9.19. The van der Waals surface area contributed by atoms with Gasteiger partial charge in [-0.05, 0) is 25.1 Å². The summed E-state index contributed by atoms with van der Waals surface area (Å²) in [5.41, 5.74) is 1.79. The van der Waals surface area contributed by atoms with Crippen LogP contribution in [0.2, 0.25) is 15.1 Å². The van der Waals surface area contributed by atoms with E-state index in [1.165, 1.54) is 31.4 Å². The van der Waals surface area contributed by atoms with Crippen LogP contribution < -0.4 is 9.64 Å². The summed E-state index contributed by atoms with van der Waals surface area (Å²) >= 11 is 18.6. The second kappa shape index (κ2) is 11.4. The number of hydrogen-bond donors (Lipinski definition) is 0. The van der Waals surface area contributed by atoms with Gasteiger partial charge in [0.05, 0.1) is 39.0 Å². The lowest BCUT2D eigenvalue weighted by Crippen LogP contribution is -2.30. The molecule has 5 rings (SSSR count). The van der Waals surface area contributed by atoms with Gasteiger partial charge in [-0.15, -0.1) is 0 Å². The number of carbonyl (C=O) groups excluding carboxylic acids is 4. The van der Waals surface area contributed by atoms with Gasteiger partial charge < -0.3 is 9.47 Å². The SMILES string of the molecule is COc1cc(N2C(=O)c3cc(Cl)c(Cl)cc3C2=O)c(Cl)cc1C(=O)O[C@@H](C(=O)c1ccc(C)cc1)c1ccccc1. The molecule has 1 atom stereocenters. The first-order chi connectivity index (χ1) is 19.6. The Kier molecular flexibility index (Phi) is 7.87. The van der Waals surface area contributed by atoms with Crippen molar-refractivity contribution in [3.63, 3.8) is 0 Å². The third-order valence-corrected chi connectivity index (χ3v) is 7.58. The number of ether oxygens (including phenoxy) is 2. The summed E-state index contributed by atoms with van der Waals surface area (Å²) in [5.74, 6) is -2.69. The Morgan fingerprint density at radius 1 is 0.780 bits per heavy atom. The fourth-order valence-electron chi connectivity index (χ4n) is 4.44. The van der Waals surface area contributed by atoms with Crippen molar-refractivity contribution in [1.82, 2.24) is 0 Å². The Morgan fingerprint density at radius 3 is 1.93 bits per heavy atom. The maximum Gasteiger partial charge on any atom is 0.343 e. The molecule has 10 heteroatoms. The molecule has 0 unspecified atom stereocenters. The number of benzene rings is 4. The average Bonchev–Trinajstić information content (AvgIpc) is 3.20. The van der Waals surface area contributed by atoms with E-state index in [-0.39, 0.29) is 43.2 Å². The molecule has 0 bridgehead atoms. The number of amides is 2. The fourth-order valence-corrected chi connectivity index (χ4v) is 5.01. The summed E-state index contributed by atoms with van der Waals surface area (Å²) in [6, 6.07) is 20.6. The van der Waals surface area contributed by atoms with Crippen molar-refractivity contribution in [2.24, 2.45) is 0 Å². The van der Waals surface area contributed by atoms with Crippen molar-refractivity contribution in [3.8, 4) is 5.75 Å². The Hall–Kier alpha value is -4.17. The molecule has 41 heavy (non-hydrogen) atoms. The number of fused-ring (bicyclic) bond motifs is 1. The highest BCUT2D eigenvalue weighted by Crippen LogP contribution is 2.40. The first-order valence-electron chi connectivity index (χ1n) is 12.2. The van der Waals surface area contributed by atoms with Gasteiger partial charge >= 0.3 is 5.97 Å². The number of nitrogens with zero attached hydrogens (tertiary/aromatic N) is 1. The number of halogens is 3. The van der Waals surface area contributed by atoms with Gasteiger partial charge in [0.15, 0.2) is 6.10 Å². The maximum absolute atomic E-state index is 13.5. The van der Waals surface area contributed by atoms with Gasteiger partial charge in [0.25, 0.3) is 11.8 Å². The summed E-state index contributed by atoms with van der Waals surface area (Å²) in [6.07, 6.45) is -1.26. The molecule has 0 aromatic heterocycles. The predicted molar refractivity (Wildman–Crippen MR) is 156 cm³/mol. The van der Waals surface area contributed by atoms with Crippen LogP contribution in [-0.2, 0) is 4.74 Å². The predicted octanol–water partition coefficient (Wildman–Crippen LogP) is 7.55. The van der Waals surface area contributed by atoms with Crippen LogP contribution in [-0.4, -0.2) is 30.7 Å². The minimum absolute atomic E-state index is 0.0196. The zero-order valence-corrected chi connectivity index (χ0v) is 23.9. The molecule has 1 heterocycles. The van der Waals surface area contributed by atoms with Crippen LogP contribution in [0.3, 0.4) is 0 Å². The van der Waals surface area contributed by atoms with Crippen LogP contribution >= 0.6 is 34.8 Å². The molecule has 0 saturated carbocycles. The molecule has 1 aliphatic rings. The zero-order valence-electron chi connectivity index (χ0n) is 21.6. The smallest absolute Gasteiger partial charge is 0.343 e. The highest BCUT2D eigenvalue weighted by atomic mass is 35.5. The van der Waals surface area contributed by atoms with Crippen molar-refractivity contribution < 1.29 is 28.7 Å². The summed E-state index contributed by atoms with van der Waals surface area (Å²) in [7, 11) is 1.30. The van der Waals surface area contributed by atoms with Crippen molar-refractivity contribution in [1.29, 1.82) is 0 Å². The molecule has 4 aromatic carbocycles. The quantitative estimate of drug-likeness (QED) is 0.122. The molecular weight excluding hydrogens is 589 g/mol. The molecule has 206 valence electrons. The first kappa shape index (κ1) is 28.4. The molecule has 4 aromatic rings. The third kappa shape index (κ3) is 5.32. The van der Waals surface area contributed by atoms with E-state index in [0.29, 0.717) is 11.1 Å². The van der Waals surface area contributed by atoms with E-state index in [9.17, 15) is 19.2 Å². The molecule has 0 radical (unpaired) electrons. The molecule has 2 amide bonds. The molecule has 1 aliphatic heterocycles. The summed E-state index contributed by atoms with van der Waals surface area (Å²) < 4.78 is 11.2. The van der Waals surface area contributed by atoms with E-state index in [4.69, 9.17) is 44.3 Å². The van der Waals surface area contributed by atoms with Gasteiger partial charge in [-0.2, -0.15) is 0 Å². The number of rotatable bonds is 7. The van der Waals surface area contributed by atoms with Crippen molar-refractivity contribution in [2.75, 3.05) is 12.0 Å². The van der Waals surface area contributed by atoms with Crippen molar-refractivity contribution >= 4 is 64.1 Å². The number of methoxy groups -OCH3 is 1. The lowest BCUT2D eigenvalue weighted by atomic mass is 9.99. The van der Waals surface area contributed by atoms with Crippen LogP contribution in [0.15, 0.2) is 78.9 Å². The van der Waals surface area contributed by atoms with E-state index in [1.54, 1.807) is 54.6 Å². The van der Waals surface area contributed by atoms with Gasteiger partial charge in [-0.3, -0.25) is 14.4 Å². The van der Waals surface area contributed by atoms with Gasteiger partial charge in [-0.25, -0.2) is 9.69 Å². The monoisotopic (exact) mass is 607 g/mol. The highest BCUT2D eigenvalue weighted by Gasteiger charge is 2.39. The largest absolute Gasteiger partial charge is 0.496 e. The van der Waals surface area contributed by atoms with E-state index >= 15 is 0 Å². The summed E-state index contributed by atoms with van der Waals surface area (Å²) in [4.78, 5) is 54.1. The number of imide groups is 1. The number of anilines is 1. The van der Waals surface area contributed by atoms with E-state index in [1.807, 2.05) is 6.92 Å². The topological polar surface area (TPSA) is 90.0 Å². The number of Topliss-reactive ketones (excluding diaryl/α,β-unsaturated/α-hetero) is 1. The Morgan fingerprint density at radius 2 is 1.37 bits per heavy atom. The van der Waals surface area contributed by atoms with Gasteiger partial charge in [0.2, 0.25) is 5.78 Å². The first-order valence-corrected chi connectivity index (χ1v) is 13.4. The number of esters is 1. The Balaban J connectivity index is 1.50. The van der Waals surface area contributed by atoms with Gasteiger partial charge in [0.1, 0.15) is 11.3 Å². The van der Waals surface area contributed by atoms with Crippen molar-refractivity contribution in [3.05, 3.63) is 127 Å². The van der Waals surface area contributed by atoms with E-state index < -0.39 is 29.7 Å². The van der Waals surface area contributed by atoms with E-state index in [2.05, 4.69) is 0 Å². The standard InChI is InChI=1S/C31H20Cl3NO6/c1-16-8-10-17(11-9-16)27(36)28(18-6-4-3-5-7-18)41-31(39)21-14-24(34)25(15-26(21)40-2)35-29(37)19-12-22(32)23(33)13-20(19)30(35)38/h3-15,28H,1-2H3/t28-/m1/s1. The average molecular weight is 609 g/mol. The number of hydrogen-bond acceptors (Lipinski definition) is 6.